The average molecular weight is 268 g/mol. The highest BCUT2D eigenvalue weighted by atomic mass is 79.9. The molecule has 0 spiro atoms. The molecule has 0 saturated carbocycles. The van der Waals surface area contributed by atoms with Crippen molar-refractivity contribution in [2.24, 2.45) is 0 Å². The summed E-state index contributed by atoms with van der Waals surface area (Å²) in [4.78, 5) is 1.15. The summed E-state index contributed by atoms with van der Waals surface area (Å²) in [6.45, 7) is 0. The summed E-state index contributed by atoms with van der Waals surface area (Å²) in [7, 11) is 0. The molecule has 0 fully saturated rings. The van der Waals surface area contributed by atoms with E-state index in [1.807, 2.05) is 6.07 Å². The molecule has 0 saturated heterocycles. The summed E-state index contributed by atoms with van der Waals surface area (Å²) in [5.41, 5.74) is 0.539. The first-order chi connectivity index (χ1) is 6.74. The van der Waals surface area contributed by atoms with Crippen molar-refractivity contribution >= 4 is 37.4 Å². The number of hydrogen-bond acceptors (Lipinski definition) is 3. The molecule has 1 aromatic heterocycles. The van der Waals surface area contributed by atoms with Crippen molar-refractivity contribution in [2.75, 3.05) is 0 Å². The third-order valence-electron chi connectivity index (χ3n) is 1.90. The summed E-state index contributed by atoms with van der Waals surface area (Å²) in [5, 5.41) is 19.9. The monoisotopic (exact) mass is 267 g/mol. The van der Waals surface area contributed by atoms with E-state index in [1.165, 1.54) is 6.07 Å². The molecule has 1 N–H and O–H groups in total. The molecule has 2 nitrogen and oxygen atoms in total. The predicted octanol–water partition coefficient (Wildman–Crippen LogP) is 3.37. The number of fused-ring (bicyclic) bond motifs is 1. The highest BCUT2D eigenvalue weighted by Crippen LogP contribution is 2.32. The highest BCUT2D eigenvalue weighted by Gasteiger charge is 2.07. The van der Waals surface area contributed by atoms with Crippen LogP contribution in [0.1, 0.15) is 10.4 Å². The predicted molar refractivity (Wildman–Crippen MR) is 60.8 cm³/mol. The zero-order valence-electron chi connectivity index (χ0n) is 7.12. The minimum atomic E-state index is 0.146. The third-order valence-corrected chi connectivity index (χ3v) is 4.06. The fourth-order valence-corrected chi connectivity index (χ4v) is 2.80. The Bertz CT molecular complexity index is 527. The number of phenolic OH excluding ortho intramolecular Hbond substituents is 1. The standard InChI is InChI=1S/C10H6BrNOS/c11-4-9-3-6-1-8(13)2-7(5-12)10(6)14-9/h1-3,13H,4H2. The molecule has 1 aromatic carbocycles. The summed E-state index contributed by atoms with van der Waals surface area (Å²) in [6.07, 6.45) is 0. The van der Waals surface area contributed by atoms with E-state index in [-0.39, 0.29) is 5.75 Å². The first-order valence-corrected chi connectivity index (χ1v) is 5.90. The van der Waals surface area contributed by atoms with Crippen LogP contribution in [0.3, 0.4) is 0 Å². The van der Waals surface area contributed by atoms with Gasteiger partial charge in [0.25, 0.3) is 0 Å². The SMILES string of the molecule is N#Cc1cc(O)cc2cc(CBr)sc12. The molecule has 1 heterocycles. The molecule has 14 heavy (non-hydrogen) atoms. The summed E-state index contributed by atoms with van der Waals surface area (Å²) >= 11 is 4.94. The second kappa shape index (κ2) is 3.60. The van der Waals surface area contributed by atoms with Crippen LogP contribution in [-0.4, -0.2) is 5.11 Å². The molecule has 0 aliphatic heterocycles. The first-order valence-electron chi connectivity index (χ1n) is 3.96. The normalized spacial score (nSPS) is 10.3. The fourth-order valence-electron chi connectivity index (χ4n) is 1.34. The van der Waals surface area contributed by atoms with Crippen molar-refractivity contribution in [3.05, 3.63) is 28.6 Å². The van der Waals surface area contributed by atoms with Crippen molar-refractivity contribution in [1.29, 1.82) is 5.26 Å². The second-order valence-electron chi connectivity index (χ2n) is 2.87. The maximum atomic E-state index is 9.37. The van der Waals surface area contributed by atoms with E-state index < -0.39 is 0 Å². The maximum absolute atomic E-state index is 9.37. The van der Waals surface area contributed by atoms with Gasteiger partial charge < -0.3 is 5.11 Å². The number of aromatic hydroxyl groups is 1. The van der Waals surface area contributed by atoms with Crippen LogP contribution in [0.4, 0.5) is 0 Å². The van der Waals surface area contributed by atoms with E-state index in [4.69, 9.17) is 5.26 Å². The Morgan fingerprint density at radius 2 is 2.21 bits per heavy atom. The van der Waals surface area contributed by atoms with E-state index in [9.17, 15) is 5.11 Å². The molecule has 0 unspecified atom stereocenters. The van der Waals surface area contributed by atoms with Gasteiger partial charge in [0.15, 0.2) is 0 Å². The van der Waals surface area contributed by atoms with Gasteiger partial charge in [0.2, 0.25) is 0 Å². The Kier molecular flexibility index (Phi) is 2.44. The van der Waals surface area contributed by atoms with Crippen molar-refractivity contribution in [1.82, 2.24) is 0 Å². The Balaban J connectivity index is 2.79. The van der Waals surface area contributed by atoms with Gasteiger partial charge in [0.1, 0.15) is 11.8 Å². The molecule has 0 amide bonds. The molecule has 70 valence electrons. The van der Waals surface area contributed by atoms with Crippen molar-refractivity contribution in [3.8, 4) is 11.8 Å². The Morgan fingerprint density at radius 3 is 2.86 bits per heavy atom. The number of benzene rings is 1. The van der Waals surface area contributed by atoms with E-state index in [1.54, 1.807) is 17.4 Å². The number of nitrogens with zero attached hydrogens (tertiary/aromatic N) is 1. The smallest absolute Gasteiger partial charge is 0.117 e. The molecule has 0 bridgehead atoms. The van der Waals surface area contributed by atoms with Crippen molar-refractivity contribution in [3.63, 3.8) is 0 Å². The van der Waals surface area contributed by atoms with Crippen LogP contribution in [0.25, 0.3) is 10.1 Å². The van der Waals surface area contributed by atoms with Gasteiger partial charge in [-0.15, -0.1) is 11.3 Å². The minimum absolute atomic E-state index is 0.146. The molecule has 0 aliphatic carbocycles. The summed E-state index contributed by atoms with van der Waals surface area (Å²) in [5.74, 6) is 0.146. The quantitative estimate of drug-likeness (QED) is 0.806. The Morgan fingerprint density at radius 1 is 1.43 bits per heavy atom. The van der Waals surface area contributed by atoms with E-state index in [2.05, 4.69) is 22.0 Å². The maximum Gasteiger partial charge on any atom is 0.117 e. The minimum Gasteiger partial charge on any atom is -0.508 e. The van der Waals surface area contributed by atoms with Crippen LogP contribution in [0, 0.1) is 11.3 Å². The Hall–Kier alpha value is -1.05. The zero-order valence-corrected chi connectivity index (χ0v) is 9.52. The zero-order chi connectivity index (χ0) is 10.1. The molecular formula is C10H6BrNOS. The molecule has 4 heteroatoms. The fraction of sp³-hybridized carbons (Fsp3) is 0.100. The van der Waals surface area contributed by atoms with Crippen LogP contribution in [-0.2, 0) is 5.33 Å². The van der Waals surface area contributed by atoms with Gasteiger partial charge in [0.05, 0.1) is 10.3 Å². The number of thiophene rings is 1. The molecule has 0 radical (unpaired) electrons. The number of alkyl halides is 1. The van der Waals surface area contributed by atoms with Crippen molar-refractivity contribution < 1.29 is 5.11 Å². The van der Waals surface area contributed by atoms with E-state index in [0.717, 1.165) is 20.3 Å². The number of halogens is 1. The lowest BCUT2D eigenvalue weighted by molar-refractivity contribution is 0.476. The van der Waals surface area contributed by atoms with Crippen LogP contribution < -0.4 is 0 Å². The topological polar surface area (TPSA) is 44.0 Å². The highest BCUT2D eigenvalue weighted by molar-refractivity contribution is 9.08. The third kappa shape index (κ3) is 1.49. The Labute approximate surface area is 93.5 Å². The van der Waals surface area contributed by atoms with Crippen LogP contribution >= 0.6 is 27.3 Å². The lowest BCUT2D eigenvalue weighted by Crippen LogP contribution is -1.73. The largest absolute Gasteiger partial charge is 0.508 e. The van der Waals surface area contributed by atoms with Gasteiger partial charge in [-0.05, 0) is 23.6 Å². The van der Waals surface area contributed by atoms with E-state index in [0.29, 0.717) is 5.56 Å². The van der Waals surface area contributed by atoms with Crippen LogP contribution in [0.5, 0.6) is 5.75 Å². The van der Waals surface area contributed by atoms with Gasteiger partial charge in [-0.1, -0.05) is 15.9 Å². The lowest BCUT2D eigenvalue weighted by atomic mass is 10.1. The van der Waals surface area contributed by atoms with Crippen LogP contribution in [0.15, 0.2) is 18.2 Å². The van der Waals surface area contributed by atoms with Gasteiger partial charge in [0, 0.05) is 10.2 Å². The van der Waals surface area contributed by atoms with Gasteiger partial charge in [-0.2, -0.15) is 5.26 Å². The number of rotatable bonds is 1. The first kappa shape index (κ1) is 9.50. The molecular weight excluding hydrogens is 262 g/mol. The van der Waals surface area contributed by atoms with Gasteiger partial charge in [-0.3, -0.25) is 0 Å². The average Bonchev–Trinajstić information content (AvgIpc) is 2.59. The lowest BCUT2D eigenvalue weighted by Gasteiger charge is -1.94. The number of nitriles is 1. The molecule has 0 atom stereocenters. The molecule has 2 aromatic rings. The van der Waals surface area contributed by atoms with Crippen molar-refractivity contribution in [2.45, 2.75) is 5.33 Å². The van der Waals surface area contributed by atoms with Gasteiger partial charge in [-0.25, -0.2) is 0 Å². The van der Waals surface area contributed by atoms with Crippen LogP contribution in [0.2, 0.25) is 0 Å². The molecule has 0 aliphatic rings. The van der Waals surface area contributed by atoms with Gasteiger partial charge >= 0.3 is 0 Å². The summed E-state index contributed by atoms with van der Waals surface area (Å²) < 4.78 is 0.944. The number of phenols is 1. The molecule has 2 rings (SSSR count). The second-order valence-corrected chi connectivity index (χ2v) is 4.57. The number of hydrogen-bond donors (Lipinski definition) is 1. The van der Waals surface area contributed by atoms with E-state index >= 15 is 0 Å². The summed E-state index contributed by atoms with van der Waals surface area (Å²) in [6, 6.07) is 7.24.